The first-order valence-corrected chi connectivity index (χ1v) is 8.83. The number of nitrogens with one attached hydrogen (secondary N) is 1. The zero-order valence-corrected chi connectivity index (χ0v) is 14.2. The Labute approximate surface area is 150 Å². The molecule has 0 unspecified atom stereocenters. The number of β-amino-alcohol motifs (C(OH)–C–C–N with tert-alkyl or cyclic N) is 1. The number of aliphatic hydroxyl groups excluding tert-OH is 1. The number of hydrogen-bond acceptors (Lipinski definition) is 5. The summed E-state index contributed by atoms with van der Waals surface area (Å²) in [6.45, 7) is 1.43. The van der Waals surface area contributed by atoms with E-state index >= 15 is 0 Å². The number of pyridine rings is 2. The molecule has 3 aromatic heterocycles. The molecule has 0 amide bonds. The van der Waals surface area contributed by atoms with Crippen LogP contribution in [0.5, 0.6) is 0 Å². The molecule has 130 valence electrons. The summed E-state index contributed by atoms with van der Waals surface area (Å²) in [7, 11) is 0. The van der Waals surface area contributed by atoms with Crippen molar-refractivity contribution in [1.82, 2.24) is 20.2 Å². The minimum atomic E-state index is -0.364. The van der Waals surface area contributed by atoms with Crippen molar-refractivity contribution >= 4 is 27.6 Å². The fourth-order valence-electron chi connectivity index (χ4n) is 3.98. The molecule has 1 aliphatic rings. The lowest BCUT2D eigenvalue weighted by Crippen LogP contribution is -2.21. The third-order valence-corrected chi connectivity index (χ3v) is 5.30. The van der Waals surface area contributed by atoms with Crippen LogP contribution < -0.4 is 4.90 Å². The minimum absolute atomic E-state index is 0.177. The highest BCUT2D eigenvalue weighted by Gasteiger charge is 2.32. The lowest BCUT2D eigenvalue weighted by molar-refractivity contribution is 0.148. The molecule has 1 saturated heterocycles. The molecule has 0 saturated carbocycles. The van der Waals surface area contributed by atoms with Crippen molar-refractivity contribution in [1.29, 1.82) is 0 Å². The number of aliphatic hydroxyl groups is 1. The van der Waals surface area contributed by atoms with Crippen LogP contribution in [0.25, 0.3) is 21.9 Å². The first kappa shape index (κ1) is 15.3. The molecule has 2 N–H and O–H groups in total. The van der Waals surface area contributed by atoms with Gasteiger partial charge >= 0.3 is 0 Å². The third kappa shape index (κ3) is 2.50. The molecule has 0 radical (unpaired) electrons. The summed E-state index contributed by atoms with van der Waals surface area (Å²) < 4.78 is 0. The normalized spacial score (nSPS) is 20.3. The quantitative estimate of drug-likeness (QED) is 0.597. The average Bonchev–Trinajstić information content (AvgIpc) is 3.29. The summed E-state index contributed by atoms with van der Waals surface area (Å²) in [4.78, 5) is 11.0. The third-order valence-electron chi connectivity index (χ3n) is 5.30. The van der Waals surface area contributed by atoms with Gasteiger partial charge in [0, 0.05) is 36.8 Å². The molecule has 1 aliphatic heterocycles. The van der Waals surface area contributed by atoms with Crippen LogP contribution in [-0.2, 0) is 6.42 Å². The Hall–Kier alpha value is -2.99. The predicted molar refractivity (Wildman–Crippen MR) is 101 cm³/mol. The van der Waals surface area contributed by atoms with E-state index < -0.39 is 0 Å². The maximum Gasteiger partial charge on any atom is 0.157 e. The van der Waals surface area contributed by atoms with Crippen LogP contribution in [0, 0.1) is 5.92 Å². The molecular formula is C20H19N5O. The van der Waals surface area contributed by atoms with Gasteiger partial charge in [0.05, 0.1) is 28.9 Å². The molecule has 1 aromatic carbocycles. The van der Waals surface area contributed by atoms with Crippen LogP contribution in [0.4, 0.5) is 5.69 Å². The van der Waals surface area contributed by atoms with Gasteiger partial charge in [0.15, 0.2) is 5.65 Å². The van der Waals surface area contributed by atoms with Crippen molar-refractivity contribution < 1.29 is 5.11 Å². The lowest BCUT2D eigenvalue weighted by Gasteiger charge is -2.19. The smallest absolute Gasteiger partial charge is 0.157 e. The monoisotopic (exact) mass is 345 g/mol. The van der Waals surface area contributed by atoms with Gasteiger partial charge in [-0.15, -0.1) is 0 Å². The van der Waals surface area contributed by atoms with Crippen molar-refractivity contribution in [3.05, 3.63) is 60.6 Å². The van der Waals surface area contributed by atoms with E-state index in [1.807, 2.05) is 30.5 Å². The maximum atomic E-state index is 10.7. The number of fused-ring (bicyclic) bond motifs is 2. The summed E-state index contributed by atoms with van der Waals surface area (Å²) in [6.07, 6.45) is 5.91. The molecule has 26 heavy (non-hydrogen) atoms. The summed E-state index contributed by atoms with van der Waals surface area (Å²) in [6, 6.07) is 12.2. The van der Waals surface area contributed by atoms with Crippen molar-refractivity contribution in [2.24, 2.45) is 5.92 Å². The highest BCUT2D eigenvalue weighted by atomic mass is 16.3. The highest BCUT2D eigenvalue weighted by Crippen LogP contribution is 2.31. The van der Waals surface area contributed by atoms with Crippen LogP contribution >= 0.6 is 0 Å². The second kappa shape index (κ2) is 6.07. The minimum Gasteiger partial charge on any atom is -0.391 e. The number of para-hydroxylation sites is 1. The summed E-state index contributed by atoms with van der Waals surface area (Å²) in [5, 5.41) is 19.8. The SMILES string of the molecule is O[C@H]1CN(c2ccnc3[nH]ncc23)C[C@H]1Cc1ccnc2ccccc12. The van der Waals surface area contributed by atoms with Gasteiger partial charge in [-0.25, -0.2) is 4.98 Å². The molecule has 4 heterocycles. The summed E-state index contributed by atoms with van der Waals surface area (Å²) in [5.74, 6) is 0.177. The van der Waals surface area contributed by atoms with Gasteiger partial charge in [0.1, 0.15) is 0 Å². The van der Waals surface area contributed by atoms with Gasteiger partial charge in [-0.05, 0) is 30.2 Å². The summed E-state index contributed by atoms with van der Waals surface area (Å²) in [5.41, 5.74) is 4.10. The average molecular weight is 345 g/mol. The van der Waals surface area contributed by atoms with E-state index in [1.54, 1.807) is 12.4 Å². The largest absolute Gasteiger partial charge is 0.391 e. The number of rotatable bonds is 3. The Morgan fingerprint density at radius 3 is 2.88 bits per heavy atom. The van der Waals surface area contributed by atoms with Crippen LogP contribution in [0.3, 0.4) is 0 Å². The van der Waals surface area contributed by atoms with Gasteiger partial charge in [0.2, 0.25) is 0 Å². The Kier molecular flexibility index (Phi) is 3.57. The van der Waals surface area contributed by atoms with Gasteiger partial charge in [0.25, 0.3) is 0 Å². The van der Waals surface area contributed by atoms with Gasteiger partial charge in [-0.1, -0.05) is 18.2 Å². The standard InChI is InChI=1S/C20H19N5O/c26-19-12-25(18-6-8-22-20-16(18)10-23-24-20)11-14(19)9-13-5-7-21-17-4-2-1-3-15(13)17/h1-8,10,14,19,26H,9,11-12H2,(H,22,23,24)/t14-,19+/m1/s1. The zero-order chi connectivity index (χ0) is 17.5. The van der Waals surface area contributed by atoms with E-state index in [9.17, 15) is 5.11 Å². The fourth-order valence-corrected chi connectivity index (χ4v) is 3.98. The molecule has 1 fully saturated rings. The van der Waals surface area contributed by atoms with Gasteiger partial charge in [-0.3, -0.25) is 10.1 Å². The first-order chi connectivity index (χ1) is 12.8. The van der Waals surface area contributed by atoms with Crippen LogP contribution in [0.1, 0.15) is 5.56 Å². The van der Waals surface area contributed by atoms with Crippen molar-refractivity contribution in [3.63, 3.8) is 0 Å². The molecule has 5 rings (SSSR count). The molecule has 6 nitrogen and oxygen atoms in total. The van der Waals surface area contributed by atoms with Crippen LogP contribution in [0.2, 0.25) is 0 Å². The molecule has 4 aromatic rings. The molecule has 0 bridgehead atoms. The fraction of sp³-hybridized carbons (Fsp3) is 0.250. The van der Waals surface area contributed by atoms with Gasteiger partial charge in [-0.2, -0.15) is 5.10 Å². The second-order valence-corrected chi connectivity index (χ2v) is 6.89. The Balaban J connectivity index is 1.43. The number of H-pyrrole nitrogens is 1. The van der Waals surface area contributed by atoms with E-state index in [2.05, 4.69) is 37.2 Å². The van der Waals surface area contributed by atoms with E-state index in [4.69, 9.17) is 0 Å². The number of anilines is 1. The van der Waals surface area contributed by atoms with Crippen LogP contribution in [-0.4, -0.2) is 44.5 Å². The lowest BCUT2D eigenvalue weighted by atomic mass is 9.94. The van der Waals surface area contributed by atoms with E-state index in [0.717, 1.165) is 35.2 Å². The van der Waals surface area contributed by atoms with E-state index in [-0.39, 0.29) is 12.0 Å². The molecular weight excluding hydrogens is 326 g/mol. The highest BCUT2D eigenvalue weighted by molar-refractivity contribution is 5.89. The number of hydrogen-bond donors (Lipinski definition) is 2. The zero-order valence-electron chi connectivity index (χ0n) is 14.2. The van der Waals surface area contributed by atoms with Crippen LogP contribution in [0.15, 0.2) is 55.0 Å². The Bertz CT molecular complexity index is 1070. The number of aromatic amines is 1. The van der Waals surface area contributed by atoms with Crippen molar-refractivity contribution in [2.45, 2.75) is 12.5 Å². The van der Waals surface area contributed by atoms with E-state index in [1.165, 1.54) is 10.9 Å². The Morgan fingerprint density at radius 2 is 1.92 bits per heavy atom. The molecule has 0 spiro atoms. The van der Waals surface area contributed by atoms with Crippen molar-refractivity contribution in [2.75, 3.05) is 18.0 Å². The first-order valence-electron chi connectivity index (χ1n) is 8.83. The maximum absolute atomic E-state index is 10.7. The molecule has 0 aliphatic carbocycles. The predicted octanol–water partition coefficient (Wildman–Crippen LogP) is 2.55. The second-order valence-electron chi connectivity index (χ2n) is 6.89. The Morgan fingerprint density at radius 1 is 1.04 bits per heavy atom. The number of nitrogens with zero attached hydrogens (tertiary/aromatic N) is 4. The topological polar surface area (TPSA) is 77.9 Å². The van der Waals surface area contributed by atoms with Crippen molar-refractivity contribution in [3.8, 4) is 0 Å². The van der Waals surface area contributed by atoms with E-state index in [0.29, 0.717) is 6.54 Å². The summed E-state index contributed by atoms with van der Waals surface area (Å²) >= 11 is 0. The number of benzene rings is 1. The number of aromatic nitrogens is 4. The van der Waals surface area contributed by atoms with Gasteiger partial charge < -0.3 is 10.0 Å². The molecule has 6 heteroatoms. The molecule has 2 atom stereocenters.